The fourth-order valence-electron chi connectivity index (χ4n) is 1.68. The molecule has 0 unspecified atom stereocenters. The highest BCUT2D eigenvalue weighted by Crippen LogP contribution is 2.18. The summed E-state index contributed by atoms with van der Waals surface area (Å²) >= 11 is 0. The molecule has 0 radical (unpaired) electrons. The molecule has 0 atom stereocenters. The third-order valence-corrected chi connectivity index (χ3v) is 2.59. The van der Waals surface area contributed by atoms with Crippen LogP contribution in [0.3, 0.4) is 0 Å². The smallest absolute Gasteiger partial charge is 0.334 e. The minimum absolute atomic E-state index is 0.110. The normalized spacial score (nSPS) is 11.8. The van der Waals surface area contributed by atoms with E-state index < -0.39 is 11.9 Å². The number of esters is 2. The predicted octanol–water partition coefficient (Wildman–Crippen LogP) is 2.37. The van der Waals surface area contributed by atoms with Crippen LogP contribution in [0, 0.1) is 0 Å². The Morgan fingerprint density at radius 1 is 0.800 bits per heavy atom. The molecule has 0 rings (SSSR count). The lowest BCUT2D eigenvalue weighted by molar-refractivity contribution is -0.142. The first-order valence-electron chi connectivity index (χ1n) is 7.29. The van der Waals surface area contributed by atoms with Crippen LogP contribution >= 0.6 is 0 Å². The third kappa shape index (κ3) is 6.70. The van der Waals surface area contributed by atoms with Gasteiger partial charge in [-0.1, -0.05) is 27.2 Å². The Morgan fingerprint density at radius 3 is 1.60 bits per heavy atom. The Hall–Kier alpha value is -1.36. The minimum Gasteiger partial charge on any atom is -0.462 e. The van der Waals surface area contributed by atoms with Crippen LogP contribution < -0.4 is 0 Å². The van der Waals surface area contributed by atoms with Gasteiger partial charge in [0, 0.05) is 24.2 Å². The van der Waals surface area contributed by atoms with Crippen molar-refractivity contribution in [2.45, 2.75) is 52.9 Å². The van der Waals surface area contributed by atoms with E-state index in [1.165, 1.54) is 0 Å². The van der Waals surface area contributed by atoms with Gasteiger partial charge in [0.15, 0.2) is 0 Å². The van der Waals surface area contributed by atoms with Crippen LogP contribution in [0.2, 0.25) is 0 Å². The Balaban J connectivity index is 5.18. The van der Waals surface area contributed by atoms with Crippen molar-refractivity contribution in [3.63, 3.8) is 0 Å². The summed E-state index contributed by atoms with van der Waals surface area (Å²) in [6.07, 6.45) is 2.70. The summed E-state index contributed by atoms with van der Waals surface area (Å²) in [5, 5.41) is 9.09. The summed E-state index contributed by atoms with van der Waals surface area (Å²) < 4.78 is 10.2. The molecule has 0 saturated heterocycles. The third-order valence-electron chi connectivity index (χ3n) is 2.59. The summed E-state index contributed by atoms with van der Waals surface area (Å²) in [4.78, 5) is 24.0. The van der Waals surface area contributed by atoms with Crippen molar-refractivity contribution in [1.29, 1.82) is 0 Å². The van der Waals surface area contributed by atoms with Gasteiger partial charge in [0.1, 0.15) is 0 Å². The van der Waals surface area contributed by atoms with E-state index in [-0.39, 0.29) is 18.6 Å². The van der Waals surface area contributed by atoms with Crippen LogP contribution in [-0.2, 0) is 19.1 Å². The molecule has 20 heavy (non-hydrogen) atoms. The van der Waals surface area contributed by atoms with E-state index >= 15 is 0 Å². The average molecular weight is 286 g/mol. The van der Waals surface area contributed by atoms with Crippen LogP contribution in [0.1, 0.15) is 52.9 Å². The molecule has 0 saturated carbocycles. The predicted molar refractivity (Wildman–Crippen MR) is 76.1 cm³/mol. The summed E-state index contributed by atoms with van der Waals surface area (Å²) in [5.74, 6) is -1.01. The molecule has 0 aliphatic carbocycles. The Kier molecular flexibility index (Phi) is 10.7. The molecule has 0 aromatic rings. The van der Waals surface area contributed by atoms with Gasteiger partial charge in [-0.05, 0) is 19.3 Å². The molecule has 0 aromatic heterocycles. The van der Waals surface area contributed by atoms with E-state index in [1.54, 1.807) is 0 Å². The molecule has 0 bridgehead atoms. The van der Waals surface area contributed by atoms with E-state index in [9.17, 15) is 9.59 Å². The Morgan fingerprint density at radius 2 is 1.25 bits per heavy atom. The molecule has 0 aromatic carbocycles. The fraction of sp³-hybridized carbons (Fsp3) is 0.733. The molecular weight excluding hydrogens is 260 g/mol. The molecular formula is C15H26O5. The van der Waals surface area contributed by atoms with Gasteiger partial charge in [0.05, 0.1) is 13.2 Å². The number of rotatable bonds is 10. The highest BCUT2D eigenvalue weighted by molar-refractivity contribution is 6.00. The van der Waals surface area contributed by atoms with Crippen molar-refractivity contribution in [2.24, 2.45) is 0 Å². The van der Waals surface area contributed by atoms with Crippen molar-refractivity contribution in [3.05, 3.63) is 11.1 Å². The van der Waals surface area contributed by atoms with E-state index in [1.807, 2.05) is 20.8 Å². The van der Waals surface area contributed by atoms with Crippen LogP contribution in [0.15, 0.2) is 11.1 Å². The maximum absolute atomic E-state index is 12.0. The quantitative estimate of drug-likeness (QED) is 0.493. The molecule has 5 heteroatoms. The number of carbonyl (C=O) groups excluding carboxylic acids is 2. The zero-order valence-corrected chi connectivity index (χ0v) is 12.7. The molecule has 0 spiro atoms. The summed E-state index contributed by atoms with van der Waals surface area (Å²) in [5.41, 5.74) is 0.569. The molecule has 0 amide bonds. The van der Waals surface area contributed by atoms with Crippen molar-refractivity contribution < 1.29 is 24.2 Å². The number of hydrogen-bond donors (Lipinski definition) is 1. The van der Waals surface area contributed by atoms with Crippen LogP contribution in [0.25, 0.3) is 0 Å². The van der Waals surface area contributed by atoms with Crippen LogP contribution in [-0.4, -0.2) is 36.9 Å². The van der Waals surface area contributed by atoms with E-state index in [2.05, 4.69) is 0 Å². The molecule has 116 valence electrons. The van der Waals surface area contributed by atoms with Gasteiger partial charge in [-0.25, -0.2) is 9.59 Å². The van der Waals surface area contributed by atoms with Crippen molar-refractivity contribution in [2.75, 3.05) is 19.8 Å². The summed E-state index contributed by atoms with van der Waals surface area (Å²) in [6, 6.07) is 0. The zero-order valence-electron chi connectivity index (χ0n) is 12.7. The second kappa shape index (κ2) is 11.5. The molecule has 5 nitrogen and oxygen atoms in total. The second-order valence-electron chi connectivity index (χ2n) is 4.45. The topological polar surface area (TPSA) is 72.8 Å². The average Bonchev–Trinajstić information content (AvgIpc) is 2.45. The fourth-order valence-corrected chi connectivity index (χ4v) is 1.68. The molecule has 0 aliphatic heterocycles. The first-order valence-corrected chi connectivity index (χ1v) is 7.29. The monoisotopic (exact) mass is 286 g/mol. The first kappa shape index (κ1) is 18.6. The van der Waals surface area contributed by atoms with Crippen molar-refractivity contribution >= 4 is 11.9 Å². The largest absolute Gasteiger partial charge is 0.462 e. The maximum Gasteiger partial charge on any atom is 0.334 e. The zero-order chi connectivity index (χ0) is 15.4. The van der Waals surface area contributed by atoms with Crippen LogP contribution in [0.5, 0.6) is 0 Å². The number of carbonyl (C=O) groups is 2. The van der Waals surface area contributed by atoms with Crippen molar-refractivity contribution in [1.82, 2.24) is 0 Å². The van der Waals surface area contributed by atoms with Gasteiger partial charge in [-0.15, -0.1) is 0 Å². The SMILES string of the molecule is CCCOC(=O)/C(CCC)=C(\CCO)C(=O)OCCC. The highest BCUT2D eigenvalue weighted by Gasteiger charge is 2.22. The molecule has 0 aliphatic rings. The van der Waals surface area contributed by atoms with Gasteiger partial charge in [0.25, 0.3) is 0 Å². The number of aliphatic hydroxyl groups is 1. The first-order chi connectivity index (χ1) is 9.62. The number of aliphatic hydroxyl groups excluding tert-OH is 1. The number of ether oxygens (including phenoxy) is 2. The van der Waals surface area contributed by atoms with Crippen LogP contribution in [0.4, 0.5) is 0 Å². The molecule has 1 N–H and O–H groups in total. The van der Waals surface area contributed by atoms with Gasteiger partial charge in [-0.2, -0.15) is 0 Å². The lowest BCUT2D eigenvalue weighted by atomic mass is 10.0. The second-order valence-corrected chi connectivity index (χ2v) is 4.45. The van der Waals surface area contributed by atoms with Gasteiger partial charge in [-0.3, -0.25) is 0 Å². The summed E-state index contributed by atoms with van der Waals surface area (Å²) in [6.45, 7) is 6.14. The lowest BCUT2D eigenvalue weighted by Crippen LogP contribution is -2.18. The molecule has 0 heterocycles. The highest BCUT2D eigenvalue weighted by atomic mass is 16.5. The van der Waals surface area contributed by atoms with E-state index in [0.717, 1.165) is 6.42 Å². The van der Waals surface area contributed by atoms with Gasteiger partial charge in [0.2, 0.25) is 0 Å². The van der Waals surface area contributed by atoms with Gasteiger partial charge < -0.3 is 14.6 Å². The van der Waals surface area contributed by atoms with Crippen molar-refractivity contribution in [3.8, 4) is 0 Å². The lowest BCUT2D eigenvalue weighted by Gasteiger charge is -2.13. The van der Waals surface area contributed by atoms with E-state index in [0.29, 0.717) is 38.0 Å². The maximum atomic E-state index is 12.0. The Bertz CT molecular complexity index is 301. The summed E-state index contributed by atoms with van der Waals surface area (Å²) in [7, 11) is 0. The molecule has 0 fully saturated rings. The van der Waals surface area contributed by atoms with E-state index in [4.69, 9.17) is 14.6 Å². The minimum atomic E-state index is -0.530. The Labute approximate surface area is 121 Å². The van der Waals surface area contributed by atoms with Gasteiger partial charge >= 0.3 is 11.9 Å². The number of hydrogen-bond acceptors (Lipinski definition) is 5. The standard InChI is InChI=1S/C15H26O5/c1-4-7-12(14(17)19-10-5-2)13(8-9-16)15(18)20-11-6-3/h16H,4-11H2,1-3H3/b13-12+.